The lowest BCUT2D eigenvalue weighted by Gasteiger charge is -2.33. The fourth-order valence-corrected chi connectivity index (χ4v) is 3.97. The summed E-state index contributed by atoms with van der Waals surface area (Å²) in [7, 11) is 0. The van der Waals surface area contributed by atoms with Crippen molar-refractivity contribution in [3.05, 3.63) is 18.7 Å². The molecule has 0 bridgehead atoms. The zero-order valence-corrected chi connectivity index (χ0v) is 12.3. The van der Waals surface area contributed by atoms with Crippen LogP contribution in [0.15, 0.2) is 18.7 Å². The molecule has 0 amide bonds. The van der Waals surface area contributed by atoms with Crippen LogP contribution >= 0.6 is 0 Å². The van der Waals surface area contributed by atoms with Crippen LogP contribution in [0.2, 0.25) is 0 Å². The second-order valence-electron chi connectivity index (χ2n) is 6.55. The highest BCUT2D eigenvalue weighted by molar-refractivity contribution is 5.70. The summed E-state index contributed by atoms with van der Waals surface area (Å²) in [5, 5.41) is 0. The van der Waals surface area contributed by atoms with Gasteiger partial charge in [0.05, 0.1) is 0 Å². The summed E-state index contributed by atoms with van der Waals surface area (Å²) >= 11 is 0. The van der Waals surface area contributed by atoms with Gasteiger partial charge in [-0.25, -0.2) is 14.3 Å². The fourth-order valence-electron chi connectivity index (χ4n) is 3.97. The van der Waals surface area contributed by atoms with Gasteiger partial charge >= 0.3 is 6.09 Å². The summed E-state index contributed by atoms with van der Waals surface area (Å²) in [5.74, 6) is 0.679. The maximum absolute atomic E-state index is 12.0. The van der Waals surface area contributed by atoms with Crippen LogP contribution in [0.4, 0.5) is 4.79 Å². The molecular weight excluding hydrogens is 254 g/mol. The van der Waals surface area contributed by atoms with E-state index in [0.717, 1.165) is 19.5 Å². The van der Waals surface area contributed by atoms with E-state index in [1.165, 1.54) is 30.2 Å². The predicted octanol–water partition coefficient (Wildman–Crippen LogP) is 2.52. The normalized spacial score (nSPS) is 29.9. The quantitative estimate of drug-likeness (QED) is 0.851. The van der Waals surface area contributed by atoms with Gasteiger partial charge in [0, 0.05) is 30.9 Å². The van der Waals surface area contributed by atoms with Gasteiger partial charge in [0.1, 0.15) is 12.4 Å². The van der Waals surface area contributed by atoms with Crippen LogP contribution < -0.4 is 0 Å². The van der Waals surface area contributed by atoms with Crippen molar-refractivity contribution in [2.24, 2.45) is 5.92 Å². The molecule has 5 nitrogen and oxygen atoms in total. The highest BCUT2D eigenvalue weighted by Crippen LogP contribution is 2.44. The average Bonchev–Trinajstić information content (AvgIpc) is 3.02. The Morgan fingerprint density at radius 2 is 2.40 bits per heavy atom. The topological polar surface area (TPSA) is 47.4 Å². The summed E-state index contributed by atoms with van der Waals surface area (Å²) in [6, 6.07) is 0. The van der Waals surface area contributed by atoms with Gasteiger partial charge in [0.2, 0.25) is 0 Å². The first-order valence-electron chi connectivity index (χ1n) is 7.53. The molecule has 2 aliphatic rings. The summed E-state index contributed by atoms with van der Waals surface area (Å²) in [6.45, 7) is 6.57. The smallest absolute Gasteiger partial charge is 0.419 e. The third-order valence-corrected chi connectivity index (χ3v) is 4.54. The van der Waals surface area contributed by atoms with Gasteiger partial charge in [-0.3, -0.25) is 4.90 Å². The fraction of sp³-hybridized carbons (Fsp3) is 0.733. The molecule has 110 valence electrons. The number of rotatable bonds is 3. The Morgan fingerprint density at radius 1 is 1.55 bits per heavy atom. The Kier molecular flexibility index (Phi) is 3.54. The van der Waals surface area contributed by atoms with E-state index in [2.05, 4.69) is 23.7 Å². The lowest BCUT2D eigenvalue weighted by atomic mass is 9.85. The van der Waals surface area contributed by atoms with Gasteiger partial charge in [-0.05, 0) is 31.7 Å². The summed E-state index contributed by atoms with van der Waals surface area (Å²) < 4.78 is 7.04. The first-order chi connectivity index (χ1) is 9.59. The molecule has 2 aliphatic heterocycles. The third kappa shape index (κ3) is 2.46. The van der Waals surface area contributed by atoms with E-state index in [1.807, 2.05) is 0 Å². The van der Waals surface area contributed by atoms with Crippen molar-refractivity contribution in [3.8, 4) is 0 Å². The second-order valence-corrected chi connectivity index (χ2v) is 6.55. The van der Waals surface area contributed by atoms with E-state index < -0.39 is 0 Å². The van der Waals surface area contributed by atoms with Gasteiger partial charge in [-0.1, -0.05) is 13.8 Å². The summed E-state index contributed by atoms with van der Waals surface area (Å²) in [5.41, 5.74) is 0.272. The predicted molar refractivity (Wildman–Crippen MR) is 75.5 cm³/mol. The molecule has 0 saturated carbocycles. The zero-order valence-electron chi connectivity index (χ0n) is 12.3. The van der Waals surface area contributed by atoms with Crippen LogP contribution in [-0.4, -0.2) is 45.3 Å². The largest absolute Gasteiger partial charge is 0.444 e. The number of nitrogens with zero attached hydrogens (tertiary/aromatic N) is 3. The lowest BCUT2D eigenvalue weighted by Crippen LogP contribution is -2.39. The van der Waals surface area contributed by atoms with Crippen LogP contribution in [-0.2, 0) is 4.74 Å². The average molecular weight is 277 g/mol. The Bertz CT molecular complexity index is 471. The molecule has 5 heteroatoms. The molecule has 0 aromatic carbocycles. The summed E-state index contributed by atoms with van der Waals surface area (Å²) in [4.78, 5) is 18.4. The van der Waals surface area contributed by atoms with E-state index >= 15 is 0 Å². The Morgan fingerprint density at radius 3 is 3.10 bits per heavy atom. The van der Waals surface area contributed by atoms with Crippen molar-refractivity contribution in [2.45, 2.75) is 51.2 Å². The van der Waals surface area contributed by atoms with Crippen molar-refractivity contribution >= 4 is 6.09 Å². The monoisotopic (exact) mass is 277 g/mol. The SMILES string of the molecule is CC(C)C[C@@]12CCCN1C[C@@H](OC(=O)n1ccnc1)C2. The number of carbonyl (C=O) groups excluding carboxylic acids is 1. The molecule has 2 atom stereocenters. The van der Waals surface area contributed by atoms with E-state index in [1.54, 1.807) is 12.4 Å². The van der Waals surface area contributed by atoms with Gasteiger partial charge < -0.3 is 4.74 Å². The van der Waals surface area contributed by atoms with E-state index in [0.29, 0.717) is 5.92 Å². The molecule has 1 aromatic heterocycles. The number of aromatic nitrogens is 2. The number of fused-ring (bicyclic) bond motifs is 1. The number of carbonyl (C=O) groups is 1. The maximum Gasteiger partial charge on any atom is 0.419 e. The van der Waals surface area contributed by atoms with Crippen LogP contribution in [0.3, 0.4) is 0 Å². The zero-order chi connectivity index (χ0) is 14.2. The minimum absolute atomic E-state index is 0.0175. The van der Waals surface area contributed by atoms with Crippen LogP contribution in [0.5, 0.6) is 0 Å². The van der Waals surface area contributed by atoms with Gasteiger partial charge in [-0.2, -0.15) is 0 Å². The molecule has 3 heterocycles. The molecule has 0 radical (unpaired) electrons. The Hall–Kier alpha value is -1.36. The number of hydrogen-bond donors (Lipinski definition) is 0. The maximum atomic E-state index is 12.0. The highest BCUT2D eigenvalue weighted by atomic mass is 16.6. The minimum Gasteiger partial charge on any atom is -0.444 e. The Labute approximate surface area is 119 Å². The molecule has 0 unspecified atom stereocenters. The van der Waals surface area contributed by atoms with Crippen LogP contribution in [0.25, 0.3) is 0 Å². The van der Waals surface area contributed by atoms with E-state index in [9.17, 15) is 4.79 Å². The van der Waals surface area contributed by atoms with Gasteiger partial charge in [-0.15, -0.1) is 0 Å². The second kappa shape index (κ2) is 5.20. The molecule has 1 aromatic rings. The van der Waals surface area contributed by atoms with Crippen LogP contribution in [0.1, 0.15) is 39.5 Å². The third-order valence-electron chi connectivity index (χ3n) is 4.54. The molecule has 2 saturated heterocycles. The van der Waals surface area contributed by atoms with Crippen LogP contribution in [0, 0.1) is 5.92 Å². The van der Waals surface area contributed by atoms with Crippen molar-refractivity contribution in [1.29, 1.82) is 0 Å². The first kappa shape index (κ1) is 13.6. The standard InChI is InChI=1S/C15H23N3O2/c1-12(2)8-15-4-3-6-18(15)10-13(9-15)20-14(19)17-7-5-16-11-17/h5,7,11-13H,3-4,6,8-10H2,1-2H3/t13-,15+/m0/s1. The van der Waals surface area contributed by atoms with Crippen molar-refractivity contribution in [3.63, 3.8) is 0 Å². The van der Waals surface area contributed by atoms with Crippen molar-refractivity contribution < 1.29 is 9.53 Å². The molecule has 0 spiro atoms. The number of imidazole rings is 1. The van der Waals surface area contributed by atoms with Crippen molar-refractivity contribution in [1.82, 2.24) is 14.5 Å². The lowest BCUT2D eigenvalue weighted by molar-refractivity contribution is 0.101. The molecule has 3 rings (SSSR count). The van der Waals surface area contributed by atoms with Gasteiger partial charge in [0.25, 0.3) is 0 Å². The molecule has 2 fully saturated rings. The molecular formula is C15H23N3O2. The molecule has 20 heavy (non-hydrogen) atoms. The highest BCUT2D eigenvalue weighted by Gasteiger charge is 2.49. The van der Waals surface area contributed by atoms with Crippen molar-refractivity contribution in [2.75, 3.05) is 13.1 Å². The molecule has 0 N–H and O–H groups in total. The number of hydrogen-bond acceptors (Lipinski definition) is 4. The first-order valence-corrected chi connectivity index (χ1v) is 7.53. The Balaban J connectivity index is 1.65. The minimum atomic E-state index is -0.312. The van der Waals surface area contributed by atoms with E-state index in [4.69, 9.17) is 4.74 Å². The van der Waals surface area contributed by atoms with E-state index in [-0.39, 0.29) is 17.7 Å². The van der Waals surface area contributed by atoms with Gasteiger partial charge in [0.15, 0.2) is 0 Å². The summed E-state index contributed by atoms with van der Waals surface area (Å²) in [6.07, 6.45) is 9.10. The molecule has 0 aliphatic carbocycles. The number of ether oxygens (including phenoxy) is 1.